The molecule has 24 valence electrons. The van der Waals surface area contributed by atoms with Gasteiger partial charge in [0.25, 0.3) is 0 Å². The SMILES string of the molecule is N#P(O)O. The maximum atomic E-state index is 7.23. The first-order chi connectivity index (χ1) is 1.73. The van der Waals surface area contributed by atoms with E-state index in [1.54, 1.807) is 0 Å². The highest BCUT2D eigenvalue weighted by Gasteiger charge is 1.58. The Morgan fingerprint density at radius 2 is 1.50 bits per heavy atom. The summed E-state index contributed by atoms with van der Waals surface area (Å²) in [6.07, 6.45) is 0. The lowest BCUT2D eigenvalue weighted by atomic mass is 14.0. The second-order valence-electron chi connectivity index (χ2n) is 0.268. The highest BCUT2D eigenvalue weighted by Crippen LogP contribution is 1.93. The summed E-state index contributed by atoms with van der Waals surface area (Å²) in [5.41, 5.74) is 0. The molecule has 0 aromatic rings. The molecule has 0 radical (unpaired) electrons. The molecule has 0 aromatic heterocycles. The third-order valence-corrected chi connectivity index (χ3v) is 0. The van der Waals surface area contributed by atoms with Crippen LogP contribution >= 0.6 is 8.01 Å². The molecule has 4 heteroatoms. The Bertz CT molecular complexity index is 52.2. The van der Waals surface area contributed by atoms with E-state index in [0.29, 0.717) is 0 Å². The number of hydrogen-bond donors (Lipinski definition) is 2. The molecule has 0 fully saturated rings. The first-order valence-electron chi connectivity index (χ1n) is 0.600. The van der Waals surface area contributed by atoms with Gasteiger partial charge >= 0.3 is 8.01 Å². The molecule has 4 heavy (non-hydrogen) atoms. The van der Waals surface area contributed by atoms with Crippen molar-refractivity contribution >= 4 is 8.01 Å². The van der Waals surface area contributed by atoms with Crippen molar-refractivity contribution in [3.63, 3.8) is 0 Å². The first kappa shape index (κ1) is 3.93. The molecule has 0 saturated heterocycles. The fourth-order valence-electron chi connectivity index (χ4n) is 0. The van der Waals surface area contributed by atoms with E-state index in [2.05, 4.69) is 0 Å². The Balaban J connectivity index is 3.02. The van der Waals surface area contributed by atoms with E-state index in [1.165, 1.54) is 0 Å². The monoisotopic (exact) mass is 79.0 g/mol. The molecule has 0 aliphatic heterocycles. The minimum Gasteiger partial charge on any atom is -0.303 e. The number of nitrogens with zero attached hydrogens (tertiary/aromatic N) is 1. The van der Waals surface area contributed by atoms with Crippen molar-refractivity contribution in [1.29, 1.82) is 5.00 Å². The molecule has 2 N–H and O–H groups in total. The third-order valence-electron chi connectivity index (χ3n) is 0. The predicted octanol–water partition coefficient (Wildman–Crippen LogP) is -0.238. The molecule has 0 rings (SSSR count). The standard InChI is InChI=1S/H2NO2P/c1-4(2)3/h2-3H. The van der Waals surface area contributed by atoms with Crippen LogP contribution in [0.2, 0.25) is 0 Å². The third kappa shape index (κ3) is 341. The van der Waals surface area contributed by atoms with Crippen LogP contribution in [0.25, 0.3) is 0 Å². The van der Waals surface area contributed by atoms with Gasteiger partial charge in [-0.15, -0.1) is 0 Å². The van der Waals surface area contributed by atoms with E-state index in [9.17, 15) is 0 Å². The predicted molar refractivity (Wildman–Crippen MR) is 13.1 cm³/mol. The summed E-state index contributed by atoms with van der Waals surface area (Å²) >= 11 is 0. The van der Waals surface area contributed by atoms with Crippen LogP contribution in [0, 0.1) is 5.00 Å². The Kier molecular flexibility index (Phi) is 1.25. The van der Waals surface area contributed by atoms with Gasteiger partial charge in [-0.25, -0.2) is 0 Å². The maximum Gasteiger partial charge on any atom is 0.331 e. The summed E-state index contributed by atoms with van der Waals surface area (Å²) < 4.78 is 0. The molecule has 3 nitrogen and oxygen atoms in total. The van der Waals surface area contributed by atoms with Gasteiger partial charge in [-0.1, -0.05) is 0 Å². The Labute approximate surface area is 24.0 Å². The molecule has 0 unspecified atom stereocenters. The van der Waals surface area contributed by atoms with Crippen molar-refractivity contribution in [2.75, 3.05) is 0 Å². The quantitative estimate of drug-likeness (QED) is 0.394. The van der Waals surface area contributed by atoms with Crippen LogP contribution in [0.1, 0.15) is 0 Å². The molecule has 0 saturated carbocycles. The van der Waals surface area contributed by atoms with Crippen LogP contribution in [0.4, 0.5) is 0 Å². The molecule has 0 aromatic carbocycles. The molecule has 0 bridgehead atoms. The fourth-order valence-corrected chi connectivity index (χ4v) is 0. The second kappa shape index (κ2) is 1.27. The highest BCUT2D eigenvalue weighted by atomic mass is 31.1. The second-order valence-corrected chi connectivity index (χ2v) is 0.805. The molecule has 0 amide bonds. The lowest BCUT2D eigenvalue weighted by molar-refractivity contribution is 0.500. The van der Waals surface area contributed by atoms with Crippen LogP contribution < -0.4 is 0 Å². The molecular formula is H2NO2P. The zero-order valence-electron chi connectivity index (χ0n) is 1.79. The van der Waals surface area contributed by atoms with Gasteiger partial charge in [0.2, 0.25) is 0 Å². The van der Waals surface area contributed by atoms with E-state index < -0.39 is 8.01 Å². The van der Waals surface area contributed by atoms with Crippen LogP contribution in [0.15, 0.2) is 0 Å². The summed E-state index contributed by atoms with van der Waals surface area (Å²) in [5.74, 6) is 0. The first-order valence-corrected chi connectivity index (χ1v) is 1.80. The Morgan fingerprint density at radius 3 is 1.50 bits per heavy atom. The molecule has 0 atom stereocenters. The number of rotatable bonds is 0. The minimum atomic E-state index is -2.62. The average Bonchev–Trinajstić information content (AvgIpc) is 0.811. The number of hydrogen-bond acceptors (Lipinski definition) is 3. The summed E-state index contributed by atoms with van der Waals surface area (Å²) in [7, 11) is -2.62. The van der Waals surface area contributed by atoms with E-state index in [0.717, 1.165) is 0 Å². The summed E-state index contributed by atoms with van der Waals surface area (Å²) in [4.78, 5) is 14.5. The van der Waals surface area contributed by atoms with Gasteiger partial charge in [0.05, 0.1) is 0 Å². The van der Waals surface area contributed by atoms with Crippen molar-refractivity contribution in [2.45, 2.75) is 0 Å². The normalized spacial score (nSPS) is 6.25. The maximum absolute atomic E-state index is 7.23. The highest BCUT2D eigenvalue weighted by molar-refractivity contribution is 7.29. The van der Waals surface area contributed by atoms with Crippen LogP contribution in [-0.4, -0.2) is 9.79 Å². The zero-order valence-corrected chi connectivity index (χ0v) is 2.68. The van der Waals surface area contributed by atoms with Gasteiger partial charge in [0, 0.05) is 0 Å². The van der Waals surface area contributed by atoms with Gasteiger partial charge < -0.3 is 9.79 Å². The topological polar surface area (TPSA) is 64.2 Å². The molecule has 0 aliphatic carbocycles. The molecule has 0 aliphatic rings. The van der Waals surface area contributed by atoms with E-state index >= 15 is 0 Å². The van der Waals surface area contributed by atoms with Crippen molar-refractivity contribution in [2.24, 2.45) is 0 Å². The summed E-state index contributed by atoms with van der Waals surface area (Å²) in [6, 6.07) is 0. The van der Waals surface area contributed by atoms with Crippen LogP contribution in [0.5, 0.6) is 0 Å². The lowest BCUT2D eigenvalue weighted by Gasteiger charge is -1.54. The lowest BCUT2D eigenvalue weighted by Crippen LogP contribution is -1.32. The van der Waals surface area contributed by atoms with Crippen molar-refractivity contribution < 1.29 is 9.79 Å². The zero-order chi connectivity index (χ0) is 3.58. The van der Waals surface area contributed by atoms with Gasteiger partial charge in [-0.3, -0.25) is 0 Å². The van der Waals surface area contributed by atoms with Gasteiger partial charge in [0.1, 0.15) is 0 Å². The molecule has 0 spiro atoms. The Hall–Kier alpha value is -0.0700. The average molecular weight is 79.0 g/mol. The summed E-state index contributed by atoms with van der Waals surface area (Å²) in [6.45, 7) is 0. The van der Waals surface area contributed by atoms with Gasteiger partial charge in [-0.2, -0.15) is 5.00 Å². The van der Waals surface area contributed by atoms with Crippen molar-refractivity contribution in [1.82, 2.24) is 0 Å². The van der Waals surface area contributed by atoms with Gasteiger partial charge in [0.15, 0.2) is 0 Å². The van der Waals surface area contributed by atoms with E-state index in [4.69, 9.17) is 14.8 Å². The smallest absolute Gasteiger partial charge is 0.303 e. The Morgan fingerprint density at radius 1 is 1.50 bits per heavy atom. The van der Waals surface area contributed by atoms with Crippen molar-refractivity contribution in [3.05, 3.63) is 0 Å². The minimum absolute atomic E-state index is 2.62. The van der Waals surface area contributed by atoms with Gasteiger partial charge in [-0.05, 0) is 0 Å². The van der Waals surface area contributed by atoms with E-state index in [1.807, 2.05) is 0 Å². The van der Waals surface area contributed by atoms with Crippen LogP contribution in [-0.2, 0) is 0 Å². The summed E-state index contributed by atoms with van der Waals surface area (Å²) in [5, 5.41) is 7.23. The van der Waals surface area contributed by atoms with E-state index in [-0.39, 0.29) is 0 Å². The molecule has 0 heterocycles. The largest absolute Gasteiger partial charge is 0.331 e. The fraction of sp³-hybridized carbons (Fsp3) is 0. The van der Waals surface area contributed by atoms with Crippen LogP contribution in [0.3, 0.4) is 0 Å². The molecular weight excluding hydrogens is 77.0 g/mol. The van der Waals surface area contributed by atoms with Crippen molar-refractivity contribution in [3.8, 4) is 0 Å².